The Labute approximate surface area is 228 Å². The van der Waals surface area contributed by atoms with Crippen molar-refractivity contribution in [3.05, 3.63) is 75.7 Å². The number of unbranched alkanes of at least 4 members (excludes halogenated alkanes) is 1. The van der Waals surface area contributed by atoms with Crippen LogP contribution in [0, 0.1) is 0 Å². The predicted molar refractivity (Wildman–Crippen MR) is 148 cm³/mol. The SMILES string of the molecule is CCCCOc1ccc2ccccc2c1/C=C1\SC(=O)N(CC(=O)Nc2ccc(Cl)c(C(=O)OC)c2)C1=O. The molecule has 3 aromatic rings. The lowest BCUT2D eigenvalue weighted by molar-refractivity contribution is -0.127. The van der Waals surface area contributed by atoms with Crippen molar-refractivity contribution in [2.75, 3.05) is 25.6 Å². The first kappa shape index (κ1) is 27.2. The van der Waals surface area contributed by atoms with Crippen LogP contribution in [-0.4, -0.2) is 48.2 Å². The van der Waals surface area contributed by atoms with Crippen LogP contribution >= 0.6 is 23.4 Å². The van der Waals surface area contributed by atoms with Crippen molar-refractivity contribution >= 4 is 68.9 Å². The van der Waals surface area contributed by atoms with Gasteiger partial charge in [-0.05, 0) is 59.3 Å². The zero-order valence-corrected chi connectivity index (χ0v) is 22.4. The summed E-state index contributed by atoms with van der Waals surface area (Å²) in [4.78, 5) is 51.5. The highest BCUT2D eigenvalue weighted by molar-refractivity contribution is 8.18. The maximum absolute atomic E-state index is 13.2. The summed E-state index contributed by atoms with van der Waals surface area (Å²) in [6, 6.07) is 15.8. The molecule has 0 radical (unpaired) electrons. The molecule has 1 heterocycles. The van der Waals surface area contributed by atoms with Crippen molar-refractivity contribution in [1.29, 1.82) is 0 Å². The molecule has 1 fully saturated rings. The highest BCUT2D eigenvalue weighted by atomic mass is 35.5. The molecule has 4 rings (SSSR count). The fourth-order valence-electron chi connectivity index (χ4n) is 3.86. The molecule has 1 aliphatic rings. The Bertz CT molecular complexity index is 1450. The molecule has 196 valence electrons. The molecule has 3 aromatic carbocycles. The number of fused-ring (bicyclic) bond motifs is 1. The first-order valence-corrected chi connectivity index (χ1v) is 13.1. The van der Waals surface area contributed by atoms with Gasteiger partial charge in [0.15, 0.2) is 0 Å². The lowest BCUT2D eigenvalue weighted by Crippen LogP contribution is -2.36. The number of thioether (sulfide) groups is 1. The molecular weight excluding hydrogens is 528 g/mol. The van der Waals surface area contributed by atoms with E-state index in [0.717, 1.165) is 40.3 Å². The van der Waals surface area contributed by atoms with Gasteiger partial charge in [-0.3, -0.25) is 19.3 Å². The lowest BCUT2D eigenvalue weighted by atomic mass is 10.0. The first-order valence-electron chi connectivity index (χ1n) is 11.9. The zero-order valence-electron chi connectivity index (χ0n) is 20.8. The number of carbonyl (C=O) groups excluding carboxylic acids is 4. The van der Waals surface area contributed by atoms with Gasteiger partial charge in [-0.15, -0.1) is 0 Å². The summed E-state index contributed by atoms with van der Waals surface area (Å²) in [5.41, 5.74) is 1.05. The van der Waals surface area contributed by atoms with Crippen LogP contribution in [0.2, 0.25) is 5.02 Å². The van der Waals surface area contributed by atoms with E-state index in [9.17, 15) is 19.2 Å². The van der Waals surface area contributed by atoms with Crippen LogP contribution in [0.25, 0.3) is 16.8 Å². The van der Waals surface area contributed by atoms with E-state index in [1.54, 1.807) is 6.08 Å². The van der Waals surface area contributed by atoms with Crippen LogP contribution in [0.3, 0.4) is 0 Å². The molecule has 0 aromatic heterocycles. The van der Waals surface area contributed by atoms with Crippen LogP contribution in [0.15, 0.2) is 59.5 Å². The summed E-state index contributed by atoms with van der Waals surface area (Å²) in [6.45, 7) is 2.11. The summed E-state index contributed by atoms with van der Waals surface area (Å²) < 4.78 is 10.7. The van der Waals surface area contributed by atoms with Gasteiger partial charge in [0.2, 0.25) is 5.91 Å². The molecule has 0 atom stereocenters. The number of methoxy groups -OCH3 is 1. The Kier molecular flexibility index (Phi) is 8.70. The Morgan fingerprint density at radius 3 is 2.66 bits per heavy atom. The summed E-state index contributed by atoms with van der Waals surface area (Å²) >= 11 is 6.78. The van der Waals surface area contributed by atoms with Gasteiger partial charge in [-0.25, -0.2) is 4.79 Å². The van der Waals surface area contributed by atoms with E-state index in [-0.39, 0.29) is 21.2 Å². The van der Waals surface area contributed by atoms with E-state index in [1.807, 2.05) is 36.4 Å². The molecule has 0 spiro atoms. The van der Waals surface area contributed by atoms with E-state index < -0.39 is 29.6 Å². The minimum Gasteiger partial charge on any atom is -0.493 e. The second kappa shape index (κ2) is 12.1. The topological polar surface area (TPSA) is 102 Å². The van der Waals surface area contributed by atoms with Gasteiger partial charge >= 0.3 is 5.97 Å². The molecule has 10 heteroatoms. The summed E-state index contributed by atoms with van der Waals surface area (Å²) in [7, 11) is 1.22. The average Bonchev–Trinajstić information content (AvgIpc) is 3.17. The third-order valence-corrected chi connectivity index (χ3v) is 7.03. The standard InChI is InChI=1S/C28H25ClN2O6S/c1-3-4-13-37-23-12-9-17-7-5-6-8-19(17)20(23)15-24-26(33)31(28(35)38-24)16-25(32)30-18-10-11-22(29)21(14-18)27(34)36-2/h5-12,14-15H,3-4,13,16H2,1-2H3,(H,30,32)/b24-15-. The fourth-order valence-corrected chi connectivity index (χ4v) is 4.87. The van der Waals surface area contributed by atoms with Gasteiger partial charge in [0.05, 0.1) is 29.2 Å². The molecule has 0 aliphatic carbocycles. The Hall–Kier alpha value is -3.82. The number of carbonyl (C=O) groups is 4. The summed E-state index contributed by atoms with van der Waals surface area (Å²) in [6.07, 6.45) is 3.50. The van der Waals surface area contributed by atoms with Crippen molar-refractivity contribution < 1.29 is 28.7 Å². The number of benzene rings is 3. The number of hydrogen-bond donors (Lipinski definition) is 1. The minimum absolute atomic E-state index is 0.0770. The molecular formula is C28H25ClN2O6S. The second-order valence-corrected chi connectivity index (χ2v) is 9.80. The number of anilines is 1. The normalized spacial score (nSPS) is 14.3. The molecule has 3 amide bonds. The average molecular weight is 553 g/mol. The Morgan fingerprint density at radius 1 is 1.11 bits per heavy atom. The van der Waals surface area contributed by atoms with Crippen LogP contribution < -0.4 is 10.1 Å². The van der Waals surface area contributed by atoms with E-state index in [1.165, 1.54) is 25.3 Å². The van der Waals surface area contributed by atoms with E-state index in [2.05, 4.69) is 17.0 Å². The largest absolute Gasteiger partial charge is 0.493 e. The van der Waals surface area contributed by atoms with Crippen LogP contribution in [0.4, 0.5) is 10.5 Å². The molecule has 1 aliphatic heterocycles. The second-order valence-electron chi connectivity index (χ2n) is 8.40. The summed E-state index contributed by atoms with van der Waals surface area (Å²) in [5, 5.41) is 4.04. The van der Waals surface area contributed by atoms with E-state index in [4.69, 9.17) is 16.3 Å². The maximum Gasteiger partial charge on any atom is 0.339 e. The van der Waals surface area contributed by atoms with E-state index >= 15 is 0 Å². The van der Waals surface area contributed by atoms with Crippen molar-refractivity contribution in [2.45, 2.75) is 19.8 Å². The number of rotatable bonds is 9. The quantitative estimate of drug-likeness (QED) is 0.193. The molecule has 0 bridgehead atoms. The van der Waals surface area contributed by atoms with Gasteiger partial charge < -0.3 is 14.8 Å². The number of nitrogens with one attached hydrogen (secondary N) is 1. The number of nitrogens with zero attached hydrogens (tertiary/aromatic N) is 1. The monoisotopic (exact) mass is 552 g/mol. The number of imide groups is 1. The zero-order chi connectivity index (χ0) is 27.2. The number of esters is 1. The van der Waals surface area contributed by atoms with E-state index in [0.29, 0.717) is 17.9 Å². The molecule has 1 N–H and O–H groups in total. The maximum atomic E-state index is 13.2. The van der Waals surface area contributed by atoms with Crippen molar-refractivity contribution in [3.8, 4) is 5.75 Å². The third kappa shape index (κ3) is 6.00. The van der Waals surface area contributed by atoms with Crippen LogP contribution in [0.5, 0.6) is 5.75 Å². The van der Waals surface area contributed by atoms with Gasteiger partial charge in [0.25, 0.3) is 11.1 Å². The minimum atomic E-state index is -0.659. The fraction of sp³-hybridized carbons (Fsp3) is 0.214. The molecule has 0 unspecified atom stereocenters. The lowest BCUT2D eigenvalue weighted by Gasteiger charge is -2.14. The first-order chi connectivity index (χ1) is 18.3. The van der Waals surface area contributed by atoms with Gasteiger partial charge in [0.1, 0.15) is 12.3 Å². The highest BCUT2D eigenvalue weighted by Gasteiger charge is 2.36. The van der Waals surface area contributed by atoms with Gasteiger partial charge in [-0.2, -0.15) is 0 Å². The van der Waals surface area contributed by atoms with Gasteiger partial charge in [0, 0.05) is 11.3 Å². The molecule has 1 saturated heterocycles. The summed E-state index contributed by atoms with van der Waals surface area (Å²) in [5.74, 6) is -1.23. The number of amides is 3. The molecule has 0 saturated carbocycles. The Morgan fingerprint density at radius 2 is 1.89 bits per heavy atom. The number of halogens is 1. The van der Waals surface area contributed by atoms with Crippen molar-refractivity contribution in [1.82, 2.24) is 4.90 Å². The Balaban J connectivity index is 1.55. The van der Waals surface area contributed by atoms with Crippen molar-refractivity contribution in [3.63, 3.8) is 0 Å². The van der Waals surface area contributed by atoms with Gasteiger partial charge in [-0.1, -0.05) is 55.3 Å². The van der Waals surface area contributed by atoms with Crippen LogP contribution in [-0.2, 0) is 14.3 Å². The predicted octanol–water partition coefficient (Wildman–Crippen LogP) is 6.13. The number of hydrogen-bond acceptors (Lipinski definition) is 7. The highest BCUT2D eigenvalue weighted by Crippen LogP contribution is 2.37. The smallest absolute Gasteiger partial charge is 0.339 e. The van der Waals surface area contributed by atoms with Crippen molar-refractivity contribution in [2.24, 2.45) is 0 Å². The number of ether oxygens (including phenoxy) is 2. The van der Waals surface area contributed by atoms with Crippen LogP contribution in [0.1, 0.15) is 35.7 Å². The third-order valence-electron chi connectivity index (χ3n) is 5.79. The molecule has 8 nitrogen and oxygen atoms in total. The molecule has 38 heavy (non-hydrogen) atoms.